The summed E-state index contributed by atoms with van der Waals surface area (Å²) in [6.07, 6.45) is 2.62. The number of halogens is 1. The molecule has 0 saturated heterocycles. The number of carbonyl (C=O) groups excluding carboxylic acids is 1. The minimum atomic E-state index is -0.114. The number of hydrogen-bond acceptors (Lipinski definition) is 4. The van der Waals surface area contributed by atoms with Crippen LogP contribution in [0.15, 0.2) is 24.3 Å². The fourth-order valence-corrected chi connectivity index (χ4v) is 4.00. The van der Waals surface area contributed by atoms with Crippen LogP contribution in [0.5, 0.6) is 17.2 Å². The van der Waals surface area contributed by atoms with E-state index >= 15 is 0 Å². The molecule has 2 aromatic rings. The molecule has 0 unspecified atom stereocenters. The van der Waals surface area contributed by atoms with E-state index in [1.165, 1.54) is 5.56 Å². The third-order valence-electron chi connectivity index (χ3n) is 5.07. The maximum Gasteiger partial charge on any atom is 0.258 e. The molecule has 5 nitrogen and oxygen atoms in total. The van der Waals surface area contributed by atoms with E-state index in [0.717, 1.165) is 30.5 Å². The molecule has 0 aliphatic carbocycles. The molecule has 2 aromatic carbocycles. The Kier molecular flexibility index (Phi) is 4.87. The van der Waals surface area contributed by atoms with Gasteiger partial charge in [0.1, 0.15) is 5.75 Å². The number of hydrogen-bond donors (Lipinski definition) is 0. The fraction of sp³-hybridized carbons (Fsp3) is 0.381. The summed E-state index contributed by atoms with van der Waals surface area (Å²) >= 11 is 6.39. The lowest BCUT2D eigenvalue weighted by Crippen LogP contribution is -2.36. The minimum Gasteiger partial charge on any atom is -0.495 e. The van der Waals surface area contributed by atoms with Gasteiger partial charge in [-0.1, -0.05) is 17.7 Å². The van der Waals surface area contributed by atoms with E-state index in [0.29, 0.717) is 47.6 Å². The molecule has 0 atom stereocenters. The lowest BCUT2D eigenvalue weighted by atomic mass is 9.95. The van der Waals surface area contributed by atoms with Gasteiger partial charge in [0.25, 0.3) is 5.91 Å². The molecular weight excluding hydrogens is 366 g/mol. The topological polar surface area (TPSA) is 48.0 Å². The molecule has 1 amide bonds. The lowest BCUT2D eigenvalue weighted by molar-refractivity contribution is 0.0984. The number of ether oxygens (including phenoxy) is 3. The number of fused-ring (bicyclic) bond motifs is 2. The van der Waals surface area contributed by atoms with E-state index in [-0.39, 0.29) is 5.91 Å². The van der Waals surface area contributed by atoms with Crippen molar-refractivity contribution < 1.29 is 19.0 Å². The number of aryl methyl sites for hydroxylation is 1. The predicted octanol–water partition coefficient (Wildman–Crippen LogP) is 4.41. The number of rotatable bonds is 2. The zero-order valence-electron chi connectivity index (χ0n) is 15.5. The zero-order valence-corrected chi connectivity index (χ0v) is 16.3. The first kappa shape index (κ1) is 18.0. The summed E-state index contributed by atoms with van der Waals surface area (Å²) in [4.78, 5) is 15.2. The average molecular weight is 388 g/mol. The van der Waals surface area contributed by atoms with Crippen LogP contribution < -0.4 is 19.1 Å². The van der Waals surface area contributed by atoms with Crippen LogP contribution in [-0.2, 0) is 6.42 Å². The Morgan fingerprint density at radius 1 is 1.19 bits per heavy atom. The molecule has 2 aliphatic rings. The average Bonchev–Trinajstić information content (AvgIpc) is 2.93. The third kappa shape index (κ3) is 3.21. The van der Waals surface area contributed by atoms with Gasteiger partial charge in [0.05, 0.1) is 31.0 Å². The molecule has 0 fully saturated rings. The van der Waals surface area contributed by atoms with E-state index in [1.54, 1.807) is 24.1 Å². The van der Waals surface area contributed by atoms with Crippen molar-refractivity contribution in [2.75, 3.05) is 31.8 Å². The molecule has 0 N–H and O–H groups in total. The van der Waals surface area contributed by atoms with Crippen LogP contribution in [0.4, 0.5) is 5.69 Å². The van der Waals surface area contributed by atoms with Crippen LogP contribution >= 0.6 is 11.6 Å². The second-order valence-corrected chi connectivity index (χ2v) is 7.22. The van der Waals surface area contributed by atoms with Gasteiger partial charge in [0.2, 0.25) is 0 Å². The van der Waals surface area contributed by atoms with Gasteiger partial charge in [-0.25, -0.2) is 0 Å². The van der Waals surface area contributed by atoms with Gasteiger partial charge < -0.3 is 19.1 Å². The highest BCUT2D eigenvalue weighted by atomic mass is 35.5. The normalized spacial score (nSPS) is 15.7. The summed E-state index contributed by atoms with van der Waals surface area (Å²) in [6.45, 7) is 3.80. The molecule has 2 aliphatic heterocycles. The van der Waals surface area contributed by atoms with Crippen molar-refractivity contribution in [3.63, 3.8) is 0 Å². The quantitative estimate of drug-likeness (QED) is 0.765. The highest BCUT2D eigenvalue weighted by Crippen LogP contribution is 2.41. The molecular formula is C21H22ClNO4. The predicted molar refractivity (Wildman–Crippen MR) is 105 cm³/mol. The minimum absolute atomic E-state index is 0.114. The van der Waals surface area contributed by atoms with Crippen molar-refractivity contribution in [3.8, 4) is 17.2 Å². The van der Waals surface area contributed by atoms with Crippen molar-refractivity contribution in [3.05, 3.63) is 46.0 Å². The second kappa shape index (κ2) is 7.31. The van der Waals surface area contributed by atoms with Crippen molar-refractivity contribution in [1.82, 2.24) is 0 Å². The van der Waals surface area contributed by atoms with Crippen molar-refractivity contribution in [1.29, 1.82) is 0 Å². The summed E-state index contributed by atoms with van der Waals surface area (Å²) in [5.74, 6) is 1.64. The fourth-order valence-electron chi connectivity index (χ4n) is 3.73. The van der Waals surface area contributed by atoms with Gasteiger partial charge in [-0.15, -0.1) is 0 Å². The first-order valence-corrected chi connectivity index (χ1v) is 9.55. The Bertz CT molecular complexity index is 896. The number of methoxy groups -OCH3 is 1. The van der Waals surface area contributed by atoms with Crippen LogP contribution in [0.1, 0.15) is 34.3 Å². The molecule has 0 bridgehead atoms. The molecule has 27 heavy (non-hydrogen) atoms. The maximum absolute atomic E-state index is 13.4. The van der Waals surface area contributed by atoms with Gasteiger partial charge in [0, 0.05) is 18.5 Å². The van der Waals surface area contributed by atoms with Crippen molar-refractivity contribution in [2.45, 2.75) is 26.2 Å². The number of amides is 1. The van der Waals surface area contributed by atoms with Gasteiger partial charge in [-0.05, 0) is 49.1 Å². The summed E-state index contributed by atoms with van der Waals surface area (Å²) in [5.41, 5.74) is 3.67. The lowest BCUT2D eigenvalue weighted by Gasteiger charge is -2.32. The summed E-state index contributed by atoms with van der Waals surface area (Å²) < 4.78 is 17.0. The first-order valence-electron chi connectivity index (χ1n) is 9.17. The van der Waals surface area contributed by atoms with E-state index < -0.39 is 0 Å². The van der Waals surface area contributed by atoms with Crippen molar-refractivity contribution >= 4 is 23.2 Å². The highest BCUT2D eigenvalue weighted by molar-refractivity contribution is 6.33. The van der Waals surface area contributed by atoms with Gasteiger partial charge in [-0.2, -0.15) is 0 Å². The van der Waals surface area contributed by atoms with E-state index in [2.05, 4.69) is 6.92 Å². The first-order chi connectivity index (χ1) is 13.1. The molecule has 6 heteroatoms. The molecule has 0 spiro atoms. The second-order valence-electron chi connectivity index (χ2n) is 6.81. The Balaban J connectivity index is 1.76. The van der Waals surface area contributed by atoms with Gasteiger partial charge in [-0.3, -0.25) is 4.79 Å². The molecule has 0 radical (unpaired) electrons. The number of nitrogens with zero attached hydrogens (tertiary/aromatic N) is 1. The SMILES string of the molecule is COc1ccc(C)c2c1N(C(=O)c1cc(Cl)c3c(c1)OCCCO3)CCC2. The van der Waals surface area contributed by atoms with E-state index in [1.807, 2.05) is 12.1 Å². The van der Waals surface area contributed by atoms with E-state index in [4.69, 9.17) is 25.8 Å². The largest absolute Gasteiger partial charge is 0.495 e. The number of anilines is 1. The standard InChI is InChI=1S/C21H22ClNO4/c1-13-6-7-17(25-2)19-15(13)5-3-8-23(19)21(24)14-11-16(22)20-18(12-14)26-9-4-10-27-20/h6-7,11-12H,3-5,8-10H2,1-2H3. The van der Waals surface area contributed by atoms with Crippen LogP contribution in [0.2, 0.25) is 5.02 Å². The summed E-state index contributed by atoms with van der Waals surface area (Å²) in [5, 5.41) is 0.395. The molecule has 142 valence electrons. The monoisotopic (exact) mass is 387 g/mol. The van der Waals surface area contributed by atoms with Crippen LogP contribution in [-0.4, -0.2) is 32.8 Å². The van der Waals surface area contributed by atoms with Crippen LogP contribution in [0.3, 0.4) is 0 Å². The number of carbonyl (C=O) groups is 1. The van der Waals surface area contributed by atoms with Crippen LogP contribution in [0, 0.1) is 6.92 Å². The molecule has 0 saturated carbocycles. The molecule has 2 heterocycles. The van der Waals surface area contributed by atoms with Crippen molar-refractivity contribution in [2.24, 2.45) is 0 Å². The van der Waals surface area contributed by atoms with Gasteiger partial charge >= 0.3 is 0 Å². The van der Waals surface area contributed by atoms with Crippen LogP contribution in [0.25, 0.3) is 0 Å². The molecule has 4 rings (SSSR count). The Labute approximate surface area is 163 Å². The number of benzene rings is 2. The smallest absolute Gasteiger partial charge is 0.258 e. The Morgan fingerprint density at radius 2 is 2.00 bits per heavy atom. The molecule has 0 aromatic heterocycles. The highest BCUT2D eigenvalue weighted by Gasteiger charge is 2.29. The zero-order chi connectivity index (χ0) is 19.0. The van der Waals surface area contributed by atoms with E-state index in [9.17, 15) is 4.79 Å². The third-order valence-corrected chi connectivity index (χ3v) is 5.35. The Hall–Kier alpha value is -2.40. The summed E-state index contributed by atoms with van der Waals surface area (Å²) in [6, 6.07) is 7.34. The maximum atomic E-state index is 13.4. The van der Waals surface area contributed by atoms with Gasteiger partial charge in [0.15, 0.2) is 11.5 Å². The summed E-state index contributed by atoms with van der Waals surface area (Å²) in [7, 11) is 1.63. The Morgan fingerprint density at radius 3 is 2.81 bits per heavy atom.